The molecule has 0 aliphatic rings. The van der Waals surface area contributed by atoms with Crippen molar-refractivity contribution in [3.8, 4) is 0 Å². The first-order valence-corrected chi connectivity index (χ1v) is 3.94. The summed E-state index contributed by atoms with van der Waals surface area (Å²) in [5, 5.41) is 8.70. The molecule has 1 rings (SSSR count). The zero-order valence-electron chi connectivity index (χ0n) is 7.12. The average molecular weight is 155 g/mol. The molecule has 0 amide bonds. The van der Waals surface area contributed by atoms with Gasteiger partial charge in [0, 0.05) is 6.92 Å². The van der Waals surface area contributed by atoms with Crippen LogP contribution in [0.3, 0.4) is 0 Å². The third-order valence-corrected chi connectivity index (χ3v) is 1.80. The number of aromatic nitrogens is 2. The van der Waals surface area contributed by atoms with E-state index in [1.54, 1.807) is 0 Å². The highest BCUT2D eigenvalue weighted by atomic mass is 16.3. The van der Waals surface area contributed by atoms with Gasteiger partial charge in [-0.05, 0) is 6.92 Å². The SMILES string of the molecule is CC[n+]1cc(C)n(CCO)c1. The van der Waals surface area contributed by atoms with Crippen molar-refractivity contribution in [2.75, 3.05) is 6.61 Å². The molecule has 0 spiro atoms. The van der Waals surface area contributed by atoms with Gasteiger partial charge in [0.25, 0.3) is 0 Å². The van der Waals surface area contributed by atoms with Gasteiger partial charge in [-0.25, -0.2) is 9.13 Å². The van der Waals surface area contributed by atoms with Crippen LogP contribution in [0.1, 0.15) is 12.6 Å². The lowest BCUT2D eigenvalue weighted by Gasteiger charge is -1.91. The molecule has 0 atom stereocenters. The maximum atomic E-state index is 8.70. The second-order valence-electron chi connectivity index (χ2n) is 2.63. The van der Waals surface area contributed by atoms with Crippen LogP contribution in [0.5, 0.6) is 0 Å². The van der Waals surface area contributed by atoms with E-state index in [0.717, 1.165) is 6.54 Å². The fourth-order valence-electron chi connectivity index (χ4n) is 1.13. The summed E-state index contributed by atoms with van der Waals surface area (Å²) in [6.45, 7) is 6.03. The smallest absolute Gasteiger partial charge is 0.244 e. The van der Waals surface area contributed by atoms with Crippen molar-refractivity contribution in [1.82, 2.24) is 4.57 Å². The molecule has 0 aliphatic heterocycles. The van der Waals surface area contributed by atoms with E-state index in [4.69, 9.17) is 5.11 Å². The second-order valence-corrected chi connectivity index (χ2v) is 2.63. The maximum absolute atomic E-state index is 8.70. The van der Waals surface area contributed by atoms with Crippen LogP contribution in [-0.2, 0) is 13.1 Å². The minimum absolute atomic E-state index is 0.208. The number of rotatable bonds is 3. The lowest BCUT2D eigenvalue weighted by Crippen LogP contribution is -2.29. The van der Waals surface area contributed by atoms with Crippen molar-refractivity contribution >= 4 is 0 Å². The highest BCUT2D eigenvalue weighted by Crippen LogP contribution is 1.93. The van der Waals surface area contributed by atoms with Gasteiger partial charge in [0.15, 0.2) is 0 Å². The molecular weight excluding hydrogens is 140 g/mol. The number of imidazole rings is 1. The van der Waals surface area contributed by atoms with Crippen LogP contribution in [0.15, 0.2) is 12.5 Å². The minimum atomic E-state index is 0.208. The Morgan fingerprint density at radius 3 is 2.82 bits per heavy atom. The molecule has 1 aromatic heterocycles. The number of aliphatic hydroxyl groups excluding tert-OH is 1. The van der Waals surface area contributed by atoms with E-state index in [1.807, 2.05) is 17.8 Å². The molecule has 1 N–H and O–H groups in total. The van der Waals surface area contributed by atoms with E-state index >= 15 is 0 Å². The van der Waals surface area contributed by atoms with Gasteiger partial charge in [0.2, 0.25) is 6.33 Å². The molecule has 0 aliphatic carbocycles. The van der Waals surface area contributed by atoms with E-state index in [0.29, 0.717) is 6.54 Å². The Kier molecular flexibility index (Phi) is 2.65. The van der Waals surface area contributed by atoms with Crippen molar-refractivity contribution in [3.05, 3.63) is 18.2 Å². The predicted molar refractivity (Wildman–Crippen MR) is 42.1 cm³/mol. The van der Waals surface area contributed by atoms with Gasteiger partial charge in [-0.15, -0.1) is 0 Å². The fraction of sp³-hybridized carbons (Fsp3) is 0.625. The lowest BCUT2D eigenvalue weighted by atomic mass is 10.5. The van der Waals surface area contributed by atoms with Crippen LogP contribution in [0.4, 0.5) is 0 Å². The largest absolute Gasteiger partial charge is 0.392 e. The van der Waals surface area contributed by atoms with Crippen LogP contribution >= 0.6 is 0 Å². The molecule has 0 aromatic carbocycles. The molecule has 11 heavy (non-hydrogen) atoms. The van der Waals surface area contributed by atoms with Crippen molar-refractivity contribution in [2.45, 2.75) is 26.9 Å². The van der Waals surface area contributed by atoms with Crippen LogP contribution < -0.4 is 4.57 Å². The van der Waals surface area contributed by atoms with E-state index in [2.05, 4.69) is 17.7 Å². The van der Waals surface area contributed by atoms with Crippen LogP contribution in [-0.4, -0.2) is 16.3 Å². The summed E-state index contributed by atoms with van der Waals surface area (Å²) in [5.74, 6) is 0. The standard InChI is InChI=1S/C8H15N2O/c1-3-9-6-8(2)10(7-9)4-5-11/h6-7,11H,3-5H2,1-2H3/q+1. The fourth-order valence-corrected chi connectivity index (χ4v) is 1.13. The van der Waals surface area contributed by atoms with E-state index in [-0.39, 0.29) is 6.61 Å². The van der Waals surface area contributed by atoms with Crippen molar-refractivity contribution in [1.29, 1.82) is 0 Å². The summed E-state index contributed by atoms with van der Waals surface area (Å²) in [5.41, 5.74) is 1.20. The van der Waals surface area contributed by atoms with Crippen molar-refractivity contribution in [3.63, 3.8) is 0 Å². The molecule has 3 nitrogen and oxygen atoms in total. The van der Waals surface area contributed by atoms with Gasteiger partial charge in [-0.3, -0.25) is 0 Å². The third kappa shape index (κ3) is 1.80. The molecule has 62 valence electrons. The molecule has 0 fully saturated rings. The molecule has 0 unspecified atom stereocenters. The topological polar surface area (TPSA) is 29.0 Å². The monoisotopic (exact) mass is 155 g/mol. The Hall–Kier alpha value is -0.830. The van der Waals surface area contributed by atoms with Crippen LogP contribution in [0.25, 0.3) is 0 Å². The Labute approximate surface area is 66.9 Å². The summed E-state index contributed by atoms with van der Waals surface area (Å²) in [7, 11) is 0. The molecule has 0 saturated carbocycles. The Morgan fingerprint density at radius 1 is 1.64 bits per heavy atom. The molecule has 0 saturated heterocycles. The quantitative estimate of drug-likeness (QED) is 0.616. The summed E-state index contributed by atoms with van der Waals surface area (Å²) < 4.78 is 4.15. The normalized spacial score (nSPS) is 10.5. The van der Waals surface area contributed by atoms with Gasteiger partial charge in [-0.1, -0.05) is 0 Å². The Morgan fingerprint density at radius 2 is 2.36 bits per heavy atom. The van der Waals surface area contributed by atoms with Gasteiger partial charge < -0.3 is 5.11 Å². The van der Waals surface area contributed by atoms with Gasteiger partial charge in [0.1, 0.15) is 18.4 Å². The highest BCUT2D eigenvalue weighted by Gasteiger charge is 2.05. The van der Waals surface area contributed by atoms with E-state index in [1.165, 1.54) is 5.69 Å². The summed E-state index contributed by atoms with van der Waals surface area (Å²) >= 11 is 0. The Balaban J connectivity index is 2.79. The van der Waals surface area contributed by atoms with Gasteiger partial charge in [0.05, 0.1) is 13.2 Å². The molecule has 0 radical (unpaired) electrons. The summed E-state index contributed by atoms with van der Waals surface area (Å²) in [4.78, 5) is 0. The zero-order chi connectivity index (χ0) is 8.27. The number of hydrogen-bond acceptors (Lipinski definition) is 1. The maximum Gasteiger partial charge on any atom is 0.244 e. The number of hydrogen-bond donors (Lipinski definition) is 1. The van der Waals surface area contributed by atoms with Crippen molar-refractivity contribution < 1.29 is 9.67 Å². The highest BCUT2D eigenvalue weighted by molar-refractivity contribution is 4.88. The first-order chi connectivity index (χ1) is 5.27. The van der Waals surface area contributed by atoms with Crippen LogP contribution in [0.2, 0.25) is 0 Å². The van der Waals surface area contributed by atoms with Gasteiger partial charge >= 0.3 is 0 Å². The van der Waals surface area contributed by atoms with Gasteiger partial charge in [-0.2, -0.15) is 0 Å². The minimum Gasteiger partial charge on any atom is -0.392 e. The molecule has 1 aromatic rings. The summed E-state index contributed by atoms with van der Waals surface area (Å²) in [6.07, 6.45) is 4.10. The van der Waals surface area contributed by atoms with E-state index < -0.39 is 0 Å². The molecule has 3 heteroatoms. The summed E-state index contributed by atoms with van der Waals surface area (Å²) in [6, 6.07) is 0. The predicted octanol–water partition coefficient (Wildman–Crippen LogP) is 0.0962. The number of aryl methyl sites for hydroxylation is 2. The third-order valence-electron chi connectivity index (χ3n) is 1.80. The van der Waals surface area contributed by atoms with E-state index in [9.17, 15) is 0 Å². The molecule has 0 bridgehead atoms. The number of nitrogens with zero attached hydrogens (tertiary/aromatic N) is 2. The lowest BCUT2D eigenvalue weighted by molar-refractivity contribution is -0.693. The zero-order valence-corrected chi connectivity index (χ0v) is 7.12. The first kappa shape index (κ1) is 8.27. The van der Waals surface area contributed by atoms with Crippen LogP contribution in [0, 0.1) is 6.92 Å². The first-order valence-electron chi connectivity index (χ1n) is 3.94. The van der Waals surface area contributed by atoms with Crippen molar-refractivity contribution in [2.24, 2.45) is 0 Å². The number of aliphatic hydroxyl groups is 1. The molecular formula is C8H15N2O+. The Bertz CT molecular complexity index is 230. The molecule has 1 heterocycles. The average Bonchev–Trinajstić information content (AvgIpc) is 2.33. The second kappa shape index (κ2) is 3.53.